The minimum Gasteiger partial charge on any atom is -0.497 e. The van der Waals surface area contributed by atoms with Crippen molar-refractivity contribution < 1.29 is 9.53 Å². The zero-order valence-corrected chi connectivity index (χ0v) is 18.2. The Morgan fingerprint density at radius 1 is 0.935 bits per heavy atom. The van der Waals surface area contributed by atoms with Gasteiger partial charge in [-0.25, -0.2) is 0 Å². The topological polar surface area (TPSA) is 64.1 Å². The molecule has 0 aliphatic rings. The van der Waals surface area contributed by atoms with E-state index >= 15 is 0 Å². The van der Waals surface area contributed by atoms with Gasteiger partial charge in [-0.3, -0.25) is 4.79 Å². The monoisotopic (exact) mass is 429 g/mol. The molecule has 1 N–H and O–H groups in total. The molecular formula is C25H23N3O2S. The summed E-state index contributed by atoms with van der Waals surface area (Å²) in [6.07, 6.45) is 0. The molecule has 156 valence electrons. The van der Waals surface area contributed by atoms with Crippen LogP contribution in [-0.2, 0) is 11.3 Å². The summed E-state index contributed by atoms with van der Waals surface area (Å²) in [5.74, 6) is 0.752. The second-order valence-corrected chi connectivity index (χ2v) is 8.42. The van der Waals surface area contributed by atoms with Crippen LogP contribution in [0.25, 0.3) is 22.0 Å². The van der Waals surface area contributed by atoms with Crippen LogP contribution >= 0.6 is 11.8 Å². The fourth-order valence-corrected chi connectivity index (χ4v) is 4.19. The van der Waals surface area contributed by atoms with Crippen molar-refractivity contribution in [1.29, 1.82) is 0 Å². The summed E-state index contributed by atoms with van der Waals surface area (Å²) in [6.45, 7) is 2.35. The van der Waals surface area contributed by atoms with E-state index in [1.54, 1.807) is 7.11 Å². The molecule has 1 atom stereocenters. The number of thioether (sulfide) groups is 1. The van der Waals surface area contributed by atoms with Crippen molar-refractivity contribution in [3.8, 4) is 17.0 Å². The molecule has 31 heavy (non-hydrogen) atoms. The van der Waals surface area contributed by atoms with E-state index in [0.717, 1.165) is 38.4 Å². The third kappa shape index (κ3) is 4.86. The number of aromatic nitrogens is 2. The van der Waals surface area contributed by atoms with E-state index in [-0.39, 0.29) is 11.2 Å². The van der Waals surface area contributed by atoms with Gasteiger partial charge in [0, 0.05) is 22.9 Å². The zero-order chi connectivity index (χ0) is 21.6. The SMILES string of the molecule is COc1ccc(CNC(=O)C(C)Sc2nnc(-c3ccccc3)c3ccccc23)cc1. The average Bonchev–Trinajstić information content (AvgIpc) is 2.83. The first-order valence-electron chi connectivity index (χ1n) is 10.0. The number of nitrogens with zero attached hydrogens (tertiary/aromatic N) is 2. The summed E-state index contributed by atoms with van der Waals surface area (Å²) in [5.41, 5.74) is 2.88. The first-order valence-corrected chi connectivity index (χ1v) is 10.9. The number of carbonyl (C=O) groups is 1. The summed E-state index contributed by atoms with van der Waals surface area (Å²) in [6, 6.07) is 25.7. The van der Waals surface area contributed by atoms with E-state index in [1.807, 2.05) is 85.8 Å². The van der Waals surface area contributed by atoms with Crippen molar-refractivity contribution in [3.63, 3.8) is 0 Å². The Bertz CT molecular complexity index is 1180. The number of hydrogen-bond donors (Lipinski definition) is 1. The molecule has 0 fully saturated rings. The number of amides is 1. The lowest BCUT2D eigenvalue weighted by molar-refractivity contribution is -0.120. The minimum atomic E-state index is -0.307. The molecule has 0 bridgehead atoms. The molecule has 1 amide bonds. The first kappa shape index (κ1) is 20.9. The number of nitrogens with one attached hydrogen (secondary N) is 1. The van der Waals surface area contributed by atoms with E-state index in [9.17, 15) is 4.79 Å². The van der Waals surface area contributed by atoms with E-state index in [2.05, 4.69) is 15.5 Å². The van der Waals surface area contributed by atoms with E-state index in [1.165, 1.54) is 11.8 Å². The third-order valence-electron chi connectivity index (χ3n) is 4.98. The van der Waals surface area contributed by atoms with Gasteiger partial charge in [0.1, 0.15) is 16.5 Å². The summed E-state index contributed by atoms with van der Waals surface area (Å²) < 4.78 is 5.17. The summed E-state index contributed by atoms with van der Waals surface area (Å²) >= 11 is 1.42. The summed E-state index contributed by atoms with van der Waals surface area (Å²) in [5, 5.41) is 14.4. The predicted molar refractivity (Wildman–Crippen MR) is 125 cm³/mol. The second kappa shape index (κ2) is 9.62. The summed E-state index contributed by atoms with van der Waals surface area (Å²) in [7, 11) is 1.63. The van der Waals surface area contributed by atoms with Crippen molar-refractivity contribution in [2.75, 3.05) is 7.11 Å². The molecule has 0 spiro atoms. The quantitative estimate of drug-likeness (QED) is 0.414. The van der Waals surface area contributed by atoms with Crippen molar-refractivity contribution in [3.05, 3.63) is 84.4 Å². The van der Waals surface area contributed by atoms with Crippen LogP contribution in [0.5, 0.6) is 5.75 Å². The number of benzene rings is 3. The Morgan fingerprint density at radius 2 is 1.61 bits per heavy atom. The van der Waals surface area contributed by atoms with Crippen LogP contribution in [0.4, 0.5) is 0 Å². The van der Waals surface area contributed by atoms with Gasteiger partial charge in [0.2, 0.25) is 5.91 Å². The van der Waals surface area contributed by atoms with Gasteiger partial charge >= 0.3 is 0 Å². The molecule has 1 heterocycles. The Balaban J connectivity index is 1.49. The molecule has 5 nitrogen and oxygen atoms in total. The third-order valence-corrected chi connectivity index (χ3v) is 6.08. The van der Waals surface area contributed by atoms with Crippen LogP contribution in [0.2, 0.25) is 0 Å². The number of rotatable bonds is 7. The maximum atomic E-state index is 12.7. The summed E-state index contributed by atoms with van der Waals surface area (Å²) in [4.78, 5) is 12.7. The number of ether oxygens (including phenoxy) is 1. The maximum absolute atomic E-state index is 12.7. The van der Waals surface area contributed by atoms with Crippen LogP contribution < -0.4 is 10.1 Å². The molecule has 0 aliphatic heterocycles. The van der Waals surface area contributed by atoms with E-state index < -0.39 is 0 Å². The van der Waals surface area contributed by atoms with Gasteiger partial charge in [0.05, 0.1) is 12.4 Å². The Hall–Kier alpha value is -3.38. The lowest BCUT2D eigenvalue weighted by Gasteiger charge is -2.14. The van der Waals surface area contributed by atoms with Crippen molar-refractivity contribution in [1.82, 2.24) is 15.5 Å². The van der Waals surface area contributed by atoms with Crippen LogP contribution in [0.1, 0.15) is 12.5 Å². The Labute approximate surface area is 185 Å². The molecule has 6 heteroatoms. The predicted octanol–water partition coefficient (Wildman–Crippen LogP) is 5.10. The molecular weight excluding hydrogens is 406 g/mol. The molecule has 0 aliphatic carbocycles. The highest BCUT2D eigenvalue weighted by molar-refractivity contribution is 8.00. The number of methoxy groups -OCH3 is 1. The largest absolute Gasteiger partial charge is 0.497 e. The van der Waals surface area contributed by atoms with Gasteiger partial charge in [-0.2, -0.15) is 0 Å². The normalized spacial score (nSPS) is 11.8. The van der Waals surface area contributed by atoms with Crippen LogP contribution in [0, 0.1) is 0 Å². The lowest BCUT2D eigenvalue weighted by Crippen LogP contribution is -2.30. The highest BCUT2D eigenvalue weighted by atomic mass is 32.2. The van der Waals surface area contributed by atoms with Gasteiger partial charge in [-0.15, -0.1) is 10.2 Å². The molecule has 0 saturated heterocycles. The van der Waals surface area contributed by atoms with Gasteiger partial charge < -0.3 is 10.1 Å². The molecule has 3 aromatic carbocycles. The standard InChI is InChI=1S/C25H23N3O2S/c1-17(24(29)26-16-18-12-14-20(30-2)15-13-18)31-25-22-11-7-6-10-21(22)23(27-28-25)19-8-4-3-5-9-19/h3-15,17H,16H2,1-2H3,(H,26,29). The molecule has 4 aromatic rings. The van der Waals surface area contributed by atoms with E-state index in [0.29, 0.717) is 6.54 Å². The molecule has 4 rings (SSSR count). The number of hydrogen-bond acceptors (Lipinski definition) is 5. The van der Waals surface area contributed by atoms with Gasteiger partial charge in [-0.1, -0.05) is 78.5 Å². The fourth-order valence-electron chi connectivity index (χ4n) is 3.27. The van der Waals surface area contributed by atoms with Crippen LogP contribution in [-0.4, -0.2) is 28.5 Å². The number of fused-ring (bicyclic) bond motifs is 1. The van der Waals surface area contributed by atoms with Gasteiger partial charge in [0.15, 0.2) is 0 Å². The smallest absolute Gasteiger partial charge is 0.233 e. The van der Waals surface area contributed by atoms with Crippen molar-refractivity contribution in [2.45, 2.75) is 23.7 Å². The van der Waals surface area contributed by atoms with Crippen LogP contribution in [0.15, 0.2) is 83.9 Å². The van der Waals surface area contributed by atoms with Gasteiger partial charge in [-0.05, 0) is 24.6 Å². The number of carbonyl (C=O) groups excluding carboxylic acids is 1. The van der Waals surface area contributed by atoms with Crippen molar-refractivity contribution in [2.24, 2.45) is 0 Å². The Kier molecular flexibility index (Phi) is 6.48. The Morgan fingerprint density at radius 3 is 2.32 bits per heavy atom. The lowest BCUT2D eigenvalue weighted by atomic mass is 10.1. The fraction of sp³-hybridized carbons (Fsp3) is 0.160. The van der Waals surface area contributed by atoms with Crippen molar-refractivity contribution >= 4 is 28.4 Å². The molecule has 0 radical (unpaired) electrons. The van der Waals surface area contributed by atoms with Gasteiger partial charge in [0.25, 0.3) is 0 Å². The zero-order valence-electron chi connectivity index (χ0n) is 17.4. The highest BCUT2D eigenvalue weighted by Crippen LogP contribution is 2.33. The van der Waals surface area contributed by atoms with E-state index in [4.69, 9.17) is 4.74 Å². The van der Waals surface area contributed by atoms with Crippen LogP contribution in [0.3, 0.4) is 0 Å². The molecule has 1 unspecified atom stereocenters. The second-order valence-electron chi connectivity index (χ2n) is 7.09. The first-order chi connectivity index (χ1) is 15.2. The maximum Gasteiger partial charge on any atom is 0.233 e. The minimum absolute atomic E-state index is 0.0427. The average molecular weight is 430 g/mol. The highest BCUT2D eigenvalue weighted by Gasteiger charge is 2.18. The molecule has 0 saturated carbocycles. The molecule has 1 aromatic heterocycles.